The number of hydrogen-bond acceptors (Lipinski definition) is 4. The van der Waals surface area contributed by atoms with Gasteiger partial charge < -0.3 is 19.7 Å². The number of phenols is 2. The van der Waals surface area contributed by atoms with Gasteiger partial charge in [-0.1, -0.05) is 0 Å². The largest absolute Gasteiger partial charge is 0.507 e. The van der Waals surface area contributed by atoms with E-state index in [1.54, 1.807) is 0 Å². The minimum absolute atomic E-state index is 0.295. The Labute approximate surface area is 181 Å². The van der Waals surface area contributed by atoms with Crippen molar-refractivity contribution in [1.82, 2.24) is 0 Å². The van der Waals surface area contributed by atoms with Gasteiger partial charge in [0, 0.05) is 0 Å². The van der Waals surface area contributed by atoms with Gasteiger partial charge in [-0.3, -0.25) is 0 Å². The van der Waals surface area contributed by atoms with Crippen LogP contribution in [0.1, 0.15) is 74.9 Å². The van der Waals surface area contributed by atoms with Crippen LogP contribution in [-0.2, 0) is 12.8 Å². The van der Waals surface area contributed by atoms with Gasteiger partial charge in [0.15, 0.2) is 0 Å². The zero-order valence-corrected chi connectivity index (χ0v) is 20.3. The average molecular weight is 415 g/mol. The third-order valence-corrected chi connectivity index (χ3v) is 5.29. The molecule has 0 amide bonds. The molecule has 0 heterocycles. The van der Waals surface area contributed by atoms with Crippen molar-refractivity contribution in [2.24, 2.45) is 0 Å². The number of rotatable bonds is 5. The van der Waals surface area contributed by atoms with Crippen LogP contribution in [0, 0.1) is 27.7 Å². The molecule has 2 N–H and O–H groups in total. The molecule has 30 heavy (non-hydrogen) atoms. The van der Waals surface area contributed by atoms with Crippen molar-refractivity contribution >= 4 is 0 Å². The minimum atomic E-state index is -0.322. The maximum Gasteiger partial charge on any atom is 0.123 e. The number of benzene rings is 2. The Morgan fingerprint density at radius 1 is 0.600 bits per heavy atom. The Morgan fingerprint density at radius 3 is 1.17 bits per heavy atom. The molecule has 0 spiro atoms. The van der Waals surface area contributed by atoms with Crippen molar-refractivity contribution < 1.29 is 19.7 Å². The lowest BCUT2D eigenvalue weighted by Gasteiger charge is -2.25. The van der Waals surface area contributed by atoms with Gasteiger partial charge in [-0.25, -0.2) is 0 Å². The summed E-state index contributed by atoms with van der Waals surface area (Å²) >= 11 is 0. The molecular formula is C26H38O4. The Balaban J connectivity index is 2.39. The molecule has 4 heteroatoms. The van der Waals surface area contributed by atoms with Gasteiger partial charge in [-0.15, -0.1) is 0 Å². The Bertz CT molecular complexity index is 851. The first-order chi connectivity index (χ1) is 13.6. The highest BCUT2D eigenvalue weighted by atomic mass is 16.5. The van der Waals surface area contributed by atoms with Crippen molar-refractivity contribution in [3.8, 4) is 23.0 Å². The van der Waals surface area contributed by atoms with E-state index >= 15 is 0 Å². The molecule has 0 unspecified atom stereocenters. The molecule has 0 atom stereocenters. The summed E-state index contributed by atoms with van der Waals surface area (Å²) in [4.78, 5) is 0. The molecule has 0 fully saturated rings. The number of aryl methyl sites for hydroxylation is 2. The van der Waals surface area contributed by atoms with Crippen molar-refractivity contribution in [2.45, 2.75) is 93.3 Å². The van der Waals surface area contributed by atoms with Crippen LogP contribution in [0.25, 0.3) is 0 Å². The minimum Gasteiger partial charge on any atom is -0.507 e. The topological polar surface area (TPSA) is 58.9 Å². The zero-order chi connectivity index (χ0) is 23.0. The van der Waals surface area contributed by atoms with Crippen LogP contribution in [0.4, 0.5) is 0 Å². The molecule has 0 saturated carbocycles. The van der Waals surface area contributed by atoms with Gasteiger partial charge >= 0.3 is 0 Å². The fourth-order valence-electron chi connectivity index (χ4n) is 3.40. The lowest BCUT2D eigenvalue weighted by atomic mass is 9.95. The Hall–Kier alpha value is -2.36. The second kappa shape index (κ2) is 8.41. The summed E-state index contributed by atoms with van der Waals surface area (Å²) in [6.07, 6.45) is 1.16. The second-order valence-corrected chi connectivity index (χ2v) is 10.2. The van der Waals surface area contributed by atoms with Crippen LogP contribution in [0.2, 0.25) is 0 Å². The fourth-order valence-corrected chi connectivity index (χ4v) is 3.40. The predicted octanol–water partition coefficient (Wildman–Crippen LogP) is 6.47. The maximum atomic E-state index is 10.7. The highest BCUT2D eigenvalue weighted by molar-refractivity contribution is 5.54. The van der Waals surface area contributed by atoms with Gasteiger partial charge in [-0.05, 0) is 128 Å². The molecule has 2 aromatic rings. The lowest BCUT2D eigenvalue weighted by molar-refractivity contribution is 0.129. The molecule has 0 radical (unpaired) electrons. The van der Waals surface area contributed by atoms with Crippen molar-refractivity contribution in [2.75, 3.05) is 0 Å². The average Bonchev–Trinajstić information content (AvgIpc) is 2.60. The van der Waals surface area contributed by atoms with E-state index in [0.717, 1.165) is 44.9 Å². The van der Waals surface area contributed by atoms with E-state index in [-0.39, 0.29) is 11.2 Å². The predicted molar refractivity (Wildman–Crippen MR) is 123 cm³/mol. The SMILES string of the molecule is Cc1c(OC(C)(C)C)cc(CCc2cc(OC(C)(C)C)c(C)c(C)c2O)c(O)c1C. The normalized spacial score (nSPS) is 12.2. The Morgan fingerprint density at radius 2 is 0.900 bits per heavy atom. The van der Waals surface area contributed by atoms with Gasteiger partial charge in [-0.2, -0.15) is 0 Å². The molecule has 0 aliphatic carbocycles. The maximum absolute atomic E-state index is 10.7. The van der Waals surface area contributed by atoms with E-state index in [4.69, 9.17) is 9.47 Å². The highest BCUT2D eigenvalue weighted by Crippen LogP contribution is 2.38. The van der Waals surface area contributed by atoms with Gasteiger partial charge in [0.2, 0.25) is 0 Å². The van der Waals surface area contributed by atoms with Crippen molar-refractivity contribution in [3.05, 3.63) is 45.5 Å². The molecule has 0 saturated heterocycles. The standard InChI is InChI=1S/C26H38O4/c1-15-17(3)23(27)19(13-21(15)29-25(5,6)7)11-12-20-14-22(30-26(8,9)10)16(2)18(4)24(20)28/h13-14,27-28H,11-12H2,1-10H3. The smallest absolute Gasteiger partial charge is 0.123 e. The van der Waals surface area contributed by atoms with E-state index in [1.165, 1.54) is 0 Å². The molecule has 0 aliphatic heterocycles. The summed E-state index contributed by atoms with van der Waals surface area (Å²) in [5, 5.41) is 21.4. The summed E-state index contributed by atoms with van der Waals surface area (Å²) in [6, 6.07) is 3.85. The van der Waals surface area contributed by atoms with Gasteiger partial charge in [0.1, 0.15) is 34.2 Å². The first-order valence-electron chi connectivity index (χ1n) is 10.6. The van der Waals surface area contributed by atoms with E-state index in [9.17, 15) is 10.2 Å². The van der Waals surface area contributed by atoms with E-state index in [2.05, 4.69) is 0 Å². The van der Waals surface area contributed by atoms with Gasteiger partial charge in [0.25, 0.3) is 0 Å². The molecule has 166 valence electrons. The monoisotopic (exact) mass is 414 g/mol. The first kappa shape index (κ1) is 23.9. The number of aromatic hydroxyl groups is 2. The van der Waals surface area contributed by atoms with Crippen molar-refractivity contribution in [3.63, 3.8) is 0 Å². The fraction of sp³-hybridized carbons (Fsp3) is 0.538. The third-order valence-electron chi connectivity index (χ3n) is 5.29. The quantitative estimate of drug-likeness (QED) is 0.588. The summed E-state index contributed by atoms with van der Waals surface area (Å²) in [5.74, 6) is 2.16. The van der Waals surface area contributed by atoms with Gasteiger partial charge in [0.05, 0.1) is 0 Å². The second-order valence-electron chi connectivity index (χ2n) is 10.2. The van der Waals surface area contributed by atoms with E-state index < -0.39 is 0 Å². The lowest BCUT2D eigenvalue weighted by Crippen LogP contribution is -2.24. The Kier molecular flexibility index (Phi) is 6.70. The highest BCUT2D eigenvalue weighted by Gasteiger charge is 2.21. The zero-order valence-electron chi connectivity index (χ0n) is 20.3. The molecule has 0 aliphatic rings. The molecule has 0 aromatic heterocycles. The number of ether oxygens (including phenoxy) is 2. The molecule has 0 bridgehead atoms. The molecular weight excluding hydrogens is 376 g/mol. The summed E-state index contributed by atoms with van der Waals surface area (Å²) in [5.41, 5.74) is 4.53. The third kappa shape index (κ3) is 5.62. The summed E-state index contributed by atoms with van der Waals surface area (Å²) in [7, 11) is 0. The van der Waals surface area contributed by atoms with Crippen LogP contribution < -0.4 is 9.47 Å². The van der Waals surface area contributed by atoms with E-state index in [1.807, 2.05) is 81.4 Å². The molecule has 4 nitrogen and oxygen atoms in total. The van der Waals surface area contributed by atoms with Crippen molar-refractivity contribution in [1.29, 1.82) is 0 Å². The van der Waals surface area contributed by atoms with Crippen LogP contribution >= 0.6 is 0 Å². The van der Waals surface area contributed by atoms with Crippen LogP contribution in [0.15, 0.2) is 12.1 Å². The van der Waals surface area contributed by atoms with Crippen LogP contribution in [-0.4, -0.2) is 21.4 Å². The van der Waals surface area contributed by atoms with Crippen LogP contribution in [0.5, 0.6) is 23.0 Å². The molecule has 2 aromatic carbocycles. The van der Waals surface area contributed by atoms with Crippen LogP contribution in [0.3, 0.4) is 0 Å². The summed E-state index contributed by atoms with van der Waals surface area (Å²) < 4.78 is 12.2. The first-order valence-corrected chi connectivity index (χ1v) is 10.6. The number of phenolic OH excluding ortho intramolecular Hbond substituents is 2. The summed E-state index contributed by atoms with van der Waals surface area (Å²) in [6.45, 7) is 19.8. The number of hydrogen-bond donors (Lipinski definition) is 2. The van der Waals surface area contributed by atoms with E-state index in [0.29, 0.717) is 24.3 Å². The molecule has 2 rings (SSSR count).